The molecule has 0 amide bonds. The van der Waals surface area contributed by atoms with E-state index in [1.54, 1.807) is 4.90 Å². The first-order valence-electron chi connectivity index (χ1n) is 7.19. The van der Waals surface area contributed by atoms with Crippen LogP contribution in [0.4, 0.5) is 11.4 Å². The Hall–Kier alpha value is -1.75. The molecule has 0 unspecified atom stereocenters. The van der Waals surface area contributed by atoms with Crippen LogP contribution in [0.1, 0.15) is 0 Å². The van der Waals surface area contributed by atoms with Gasteiger partial charge in [0.2, 0.25) is 10.0 Å². The number of nitrogens with zero attached hydrogens (tertiary/aromatic N) is 3. The van der Waals surface area contributed by atoms with Crippen LogP contribution in [-0.2, 0) is 14.8 Å². The third-order valence-corrected chi connectivity index (χ3v) is 5.87. The van der Waals surface area contributed by atoms with E-state index < -0.39 is 21.1 Å². The number of anilines is 1. The van der Waals surface area contributed by atoms with Gasteiger partial charge >= 0.3 is 0 Å². The highest BCUT2D eigenvalue weighted by molar-refractivity contribution is 7.89. The van der Waals surface area contributed by atoms with Crippen LogP contribution in [-0.4, -0.2) is 68.2 Å². The number of nitro groups is 1. The molecule has 1 aromatic carbocycles. The topological polar surface area (TPSA) is 113 Å². The average molecular weight is 343 g/mol. The van der Waals surface area contributed by atoms with Gasteiger partial charge in [0.25, 0.3) is 5.69 Å². The molecule has 0 aliphatic carbocycles. The third kappa shape index (κ3) is 3.02. The van der Waals surface area contributed by atoms with E-state index in [0.717, 1.165) is 6.07 Å². The number of non-ortho nitro benzene ring substituents is 1. The lowest BCUT2D eigenvalue weighted by Crippen LogP contribution is -2.51. The highest BCUT2D eigenvalue weighted by Crippen LogP contribution is 2.34. The Bertz CT molecular complexity index is 710. The van der Waals surface area contributed by atoms with Crippen molar-refractivity contribution in [2.75, 3.05) is 44.3 Å². The van der Waals surface area contributed by atoms with Gasteiger partial charge in [0.1, 0.15) is 4.90 Å². The van der Waals surface area contributed by atoms with Gasteiger partial charge in [-0.15, -0.1) is 0 Å². The number of ether oxygens (including phenoxy) is 1. The first kappa shape index (κ1) is 16.1. The Morgan fingerprint density at radius 2 is 1.91 bits per heavy atom. The Balaban J connectivity index is 2.03. The smallest absolute Gasteiger partial charge is 0.270 e. The molecule has 0 atom stereocenters. The lowest BCUT2D eigenvalue weighted by atomic mass is 10.1. The van der Waals surface area contributed by atoms with Crippen LogP contribution < -0.4 is 4.90 Å². The maximum Gasteiger partial charge on any atom is 0.270 e. The van der Waals surface area contributed by atoms with Crippen LogP contribution in [0, 0.1) is 10.1 Å². The Morgan fingerprint density at radius 3 is 2.48 bits per heavy atom. The average Bonchev–Trinajstić information content (AvgIpc) is 2.52. The number of nitro benzene ring substituents is 1. The molecule has 126 valence electrons. The molecule has 2 heterocycles. The molecule has 3 rings (SSSR count). The van der Waals surface area contributed by atoms with Crippen molar-refractivity contribution in [3.8, 4) is 0 Å². The highest BCUT2D eigenvalue weighted by Gasteiger charge is 2.34. The van der Waals surface area contributed by atoms with Crippen molar-refractivity contribution in [3.05, 3.63) is 28.3 Å². The van der Waals surface area contributed by atoms with E-state index in [9.17, 15) is 23.6 Å². The first-order valence-corrected chi connectivity index (χ1v) is 8.63. The summed E-state index contributed by atoms with van der Waals surface area (Å²) in [6.45, 7) is 1.64. The zero-order valence-corrected chi connectivity index (χ0v) is 13.1. The van der Waals surface area contributed by atoms with Crippen molar-refractivity contribution in [3.63, 3.8) is 0 Å². The second kappa shape index (κ2) is 6.04. The van der Waals surface area contributed by atoms with Crippen LogP contribution >= 0.6 is 0 Å². The summed E-state index contributed by atoms with van der Waals surface area (Å²) in [5, 5.41) is 20.4. The second-order valence-electron chi connectivity index (χ2n) is 5.48. The molecule has 2 saturated heterocycles. The number of hydrogen-bond donors (Lipinski definition) is 1. The fraction of sp³-hybridized carbons (Fsp3) is 0.538. The maximum absolute atomic E-state index is 12.9. The molecule has 0 bridgehead atoms. The van der Waals surface area contributed by atoms with E-state index >= 15 is 0 Å². The predicted octanol–water partition coefficient (Wildman–Crippen LogP) is -0.203. The van der Waals surface area contributed by atoms with Gasteiger partial charge < -0.3 is 14.7 Å². The van der Waals surface area contributed by atoms with Crippen LogP contribution in [0.3, 0.4) is 0 Å². The van der Waals surface area contributed by atoms with Crippen molar-refractivity contribution in [1.29, 1.82) is 0 Å². The molecular formula is C13H17N3O6S. The van der Waals surface area contributed by atoms with E-state index in [0.29, 0.717) is 32.0 Å². The van der Waals surface area contributed by atoms with E-state index in [1.807, 2.05) is 0 Å². The molecule has 2 aliphatic rings. The zero-order chi connectivity index (χ0) is 16.6. The summed E-state index contributed by atoms with van der Waals surface area (Å²) < 4.78 is 32.2. The molecule has 10 heteroatoms. The number of aliphatic hydroxyl groups excluding tert-OH is 1. The fourth-order valence-corrected chi connectivity index (χ4v) is 4.30. The van der Waals surface area contributed by atoms with Gasteiger partial charge in [0, 0.05) is 38.3 Å². The number of aliphatic hydroxyl groups is 1. The molecule has 1 N–H and O–H groups in total. The second-order valence-corrected chi connectivity index (χ2v) is 7.39. The molecule has 0 spiro atoms. The van der Waals surface area contributed by atoms with Gasteiger partial charge in [-0.1, -0.05) is 0 Å². The van der Waals surface area contributed by atoms with Crippen molar-refractivity contribution >= 4 is 21.4 Å². The summed E-state index contributed by atoms with van der Waals surface area (Å²) in [5.41, 5.74) is 0.106. The van der Waals surface area contributed by atoms with Crippen molar-refractivity contribution in [2.45, 2.75) is 11.0 Å². The zero-order valence-electron chi connectivity index (χ0n) is 12.3. The van der Waals surface area contributed by atoms with Crippen LogP contribution in [0.15, 0.2) is 23.1 Å². The number of benzene rings is 1. The molecule has 0 radical (unpaired) electrons. The van der Waals surface area contributed by atoms with Crippen molar-refractivity contribution in [1.82, 2.24) is 4.31 Å². The van der Waals surface area contributed by atoms with Crippen LogP contribution in [0.25, 0.3) is 0 Å². The number of rotatable bonds is 4. The largest absolute Gasteiger partial charge is 0.389 e. The van der Waals surface area contributed by atoms with E-state index in [1.165, 1.54) is 16.4 Å². The Kier molecular flexibility index (Phi) is 4.23. The van der Waals surface area contributed by atoms with Gasteiger partial charge in [-0.05, 0) is 6.07 Å². The fourth-order valence-electron chi connectivity index (χ4n) is 2.66. The van der Waals surface area contributed by atoms with E-state index in [2.05, 4.69) is 0 Å². The summed E-state index contributed by atoms with van der Waals surface area (Å²) in [5.74, 6) is 0. The molecule has 0 saturated carbocycles. The molecule has 9 nitrogen and oxygen atoms in total. The molecule has 2 fully saturated rings. The maximum atomic E-state index is 12.9. The third-order valence-electron chi connectivity index (χ3n) is 3.95. The summed E-state index contributed by atoms with van der Waals surface area (Å²) in [4.78, 5) is 12.0. The van der Waals surface area contributed by atoms with Gasteiger partial charge in [-0.25, -0.2) is 8.42 Å². The molecule has 2 aliphatic heterocycles. The number of β-amino-alcohol motifs (C(OH)–C–C–N with tert-alkyl or cyclic N) is 1. The van der Waals surface area contributed by atoms with E-state index in [-0.39, 0.29) is 23.7 Å². The monoisotopic (exact) mass is 343 g/mol. The van der Waals surface area contributed by atoms with Crippen molar-refractivity contribution < 1.29 is 23.2 Å². The summed E-state index contributed by atoms with van der Waals surface area (Å²) in [7, 11) is -3.86. The Labute approximate surface area is 133 Å². The summed E-state index contributed by atoms with van der Waals surface area (Å²) in [6, 6.07) is 3.79. The van der Waals surface area contributed by atoms with Crippen LogP contribution in [0.2, 0.25) is 0 Å². The minimum absolute atomic E-state index is 0.0968. The van der Waals surface area contributed by atoms with Crippen molar-refractivity contribution in [2.24, 2.45) is 0 Å². The lowest BCUT2D eigenvalue weighted by molar-refractivity contribution is -0.385. The molecular weight excluding hydrogens is 326 g/mol. The Morgan fingerprint density at radius 1 is 1.26 bits per heavy atom. The summed E-state index contributed by atoms with van der Waals surface area (Å²) in [6.07, 6.45) is -0.510. The van der Waals surface area contributed by atoms with Gasteiger partial charge in [0.15, 0.2) is 0 Å². The minimum atomic E-state index is -3.86. The SMILES string of the molecule is O=[N+]([O-])c1ccc(N2CC(O)C2)c(S(=O)(=O)N2CCOCC2)c1. The highest BCUT2D eigenvalue weighted by atomic mass is 32.2. The minimum Gasteiger partial charge on any atom is -0.389 e. The van der Waals surface area contributed by atoms with Gasteiger partial charge in [-0.2, -0.15) is 4.31 Å². The van der Waals surface area contributed by atoms with Gasteiger partial charge in [0.05, 0.1) is 29.9 Å². The van der Waals surface area contributed by atoms with Crippen LogP contribution in [0.5, 0.6) is 0 Å². The number of hydrogen-bond acceptors (Lipinski definition) is 7. The van der Waals surface area contributed by atoms with E-state index in [4.69, 9.17) is 4.74 Å². The van der Waals surface area contributed by atoms with Gasteiger partial charge in [-0.3, -0.25) is 10.1 Å². The normalized spacial score (nSPS) is 20.3. The molecule has 0 aromatic heterocycles. The lowest BCUT2D eigenvalue weighted by Gasteiger charge is -2.39. The quantitative estimate of drug-likeness (QED) is 0.595. The summed E-state index contributed by atoms with van der Waals surface area (Å²) >= 11 is 0. The first-order chi connectivity index (χ1) is 10.9. The number of morpholine rings is 1. The molecule has 23 heavy (non-hydrogen) atoms. The number of sulfonamides is 1. The standard InChI is InChI=1S/C13H17N3O6S/c17-11-8-14(9-11)12-2-1-10(16(18)19)7-13(12)23(20,21)15-3-5-22-6-4-15/h1-2,7,11,17H,3-6,8-9H2. The predicted molar refractivity (Wildman–Crippen MR) is 80.9 cm³/mol. The molecule has 1 aromatic rings.